The topological polar surface area (TPSA) is 33.1 Å². The molecule has 0 saturated heterocycles. The molecule has 1 aliphatic rings. The molecular weight excluding hydrogens is 150 g/mol. The van der Waals surface area contributed by atoms with Crippen LogP contribution < -0.4 is 0 Å². The summed E-state index contributed by atoms with van der Waals surface area (Å²) >= 11 is 0. The maximum atomic E-state index is 8.73. The van der Waals surface area contributed by atoms with E-state index in [1.165, 1.54) is 12.8 Å². The average Bonchev–Trinajstić information content (AvgIpc) is 2.60. The number of rotatable bonds is 0. The van der Waals surface area contributed by atoms with E-state index in [2.05, 4.69) is 4.98 Å². The molecule has 1 saturated carbocycles. The molecule has 2 nitrogen and oxygen atoms in total. The van der Waals surface area contributed by atoms with Crippen molar-refractivity contribution in [1.82, 2.24) is 4.98 Å². The summed E-state index contributed by atoms with van der Waals surface area (Å²) < 4.78 is 0. The maximum absolute atomic E-state index is 8.73. The van der Waals surface area contributed by atoms with E-state index in [0.717, 1.165) is 12.8 Å². The Hall–Kier alpha value is -0.890. The first kappa shape index (κ1) is 9.20. The molecule has 0 spiro atoms. The number of hydrogen-bond acceptors (Lipinski definition) is 2. The maximum Gasteiger partial charge on any atom is 0.0540 e. The van der Waals surface area contributed by atoms with Gasteiger partial charge in [-0.15, -0.1) is 0 Å². The summed E-state index contributed by atoms with van der Waals surface area (Å²) in [5.74, 6) is 0. The van der Waals surface area contributed by atoms with E-state index in [4.69, 9.17) is 5.11 Å². The minimum absolute atomic E-state index is 0.0463. The Bertz CT molecular complexity index is 156. The normalized spacial score (nSPS) is 16.8. The van der Waals surface area contributed by atoms with Crippen molar-refractivity contribution < 1.29 is 5.11 Å². The van der Waals surface area contributed by atoms with E-state index in [9.17, 15) is 0 Å². The SMILES string of the molecule is OC1CCCC1.c1ccncc1. The largest absolute Gasteiger partial charge is 0.393 e. The number of aliphatic hydroxyl groups excluding tert-OH is 1. The van der Waals surface area contributed by atoms with Gasteiger partial charge < -0.3 is 5.11 Å². The summed E-state index contributed by atoms with van der Waals surface area (Å²) in [5, 5.41) is 8.73. The fourth-order valence-electron chi connectivity index (χ4n) is 1.22. The van der Waals surface area contributed by atoms with E-state index in [1.54, 1.807) is 12.4 Å². The van der Waals surface area contributed by atoms with Gasteiger partial charge in [0.05, 0.1) is 6.10 Å². The third-order valence-electron chi connectivity index (χ3n) is 1.89. The molecule has 0 amide bonds. The van der Waals surface area contributed by atoms with Crippen LogP contribution in [-0.2, 0) is 0 Å². The van der Waals surface area contributed by atoms with Gasteiger partial charge >= 0.3 is 0 Å². The monoisotopic (exact) mass is 165 g/mol. The predicted molar refractivity (Wildman–Crippen MR) is 48.7 cm³/mol. The molecule has 0 aromatic carbocycles. The van der Waals surface area contributed by atoms with Crippen molar-refractivity contribution in [2.75, 3.05) is 0 Å². The Morgan fingerprint density at radius 1 is 1.00 bits per heavy atom. The highest BCUT2D eigenvalue weighted by Gasteiger charge is 2.09. The summed E-state index contributed by atoms with van der Waals surface area (Å²) in [6.07, 6.45) is 8.10. The van der Waals surface area contributed by atoms with Crippen molar-refractivity contribution in [2.45, 2.75) is 31.8 Å². The number of pyridine rings is 1. The van der Waals surface area contributed by atoms with Crippen LogP contribution in [0.4, 0.5) is 0 Å². The summed E-state index contributed by atoms with van der Waals surface area (Å²) in [4.78, 5) is 3.78. The Labute approximate surface area is 73.3 Å². The van der Waals surface area contributed by atoms with Crippen molar-refractivity contribution in [3.05, 3.63) is 30.6 Å². The summed E-state index contributed by atoms with van der Waals surface area (Å²) in [7, 11) is 0. The standard InChI is InChI=1S/C5H5N.C5H10O/c1-2-4-6-5-3-1;6-5-3-1-2-4-5/h1-5H;5-6H,1-4H2. The van der Waals surface area contributed by atoms with Crippen molar-refractivity contribution in [3.63, 3.8) is 0 Å². The lowest BCUT2D eigenvalue weighted by atomic mass is 10.3. The first-order chi connectivity index (χ1) is 5.89. The second-order valence-electron chi connectivity index (χ2n) is 2.96. The van der Waals surface area contributed by atoms with Gasteiger partial charge in [0.2, 0.25) is 0 Å². The van der Waals surface area contributed by atoms with Gasteiger partial charge in [0, 0.05) is 12.4 Å². The zero-order valence-corrected chi connectivity index (χ0v) is 7.19. The quantitative estimate of drug-likeness (QED) is 0.638. The van der Waals surface area contributed by atoms with Gasteiger partial charge in [-0.1, -0.05) is 18.9 Å². The Morgan fingerprint density at radius 3 is 1.75 bits per heavy atom. The van der Waals surface area contributed by atoms with Crippen LogP contribution in [-0.4, -0.2) is 16.2 Å². The van der Waals surface area contributed by atoms with Gasteiger partial charge in [-0.2, -0.15) is 0 Å². The van der Waals surface area contributed by atoms with Crippen molar-refractivity contribution in [2.24, 2.45) is 0 Å². The van der Waals surface area contributed by atoms with Crippen LogP contribution in [0.1, 0.15) is 25.7 Å². The lowest BCUT2D eigenvalue weighted by Gasteiger charge is -1.91. The van der Waals surface area contributed by atoms with Crippen LogP contribution in [0.15, 0.2) is 30.6 Å². The first-order valence-corrected chi connectivity index (χ1v) is 4.42. The minimum atomic E-state index is 0.0463. The molecular formula is C10H15NO. The summed E-state index contributed by atoms with van der Waals surface area (Å²) in [6.45, 7) is 0. The molecule has 12 heavy (non-hydrogen) atoms. The summed E-state index contributed by atoms with van der Waals surface area (Å²) in [6, 6.07) is 5.72. The smallest absolute Gasteiger partial charge is 0.0540 e. The van der Waals surface area contributed by atoms with Crippen LogP contribution in [0.3, 0.4) is 0 Å². The third-order valence-corrected chi connectivity index (χ3v) is 1.89. The lowest BCUT2D eigenvalue weighted by Crippen LogP contribution is -1.94. The fraction of sp³-hybridized carbons (Fsp3) is 0.500. The molecule has 1 heterocycles. The van der Waals surface area contributed by atoms with E-state index in [-0.39, 0.29) is 6.10 Å². The third kappa shape index (κ3) is 4.09. The van der Waals surface area contributed by atoms with Gasteiger partial charge in [-0.25, -0.2) is 0 Å². The molecule has 1 aromatic heterocycles. The van der Waals surface area contributed by atoms with Crippen LogP contribution in [0, 0.1) is 0 Å². The number of hydrogen-bond donors (Lipinski definition) is 1. The highest BCUT2D eigenvalue weighted by molar-refractivity contribution is 4.88. The molecule has 66 valence electrons. The summed E-state index contributed by atoms with van der Waals surface area (Å²) in [5.41, 5.74) is 0. The van der Waals surface area contributed by atoms with E-state index in [0.29, 0.717) is 0 Å². The number of aliphatic hydroxyl groups is 1. The van der Waals surface area contributed by atoms with Crippen molar-refractivity contribution in [3.8, 4) is 0 Å². The zero-order chi connectivity index (χ0) is 8.65. The van der Waals surface area contributed by atoms with E-state index in [1.807, 2.05) is 18.2 Å². The van der Waals surface area contributed by atoms with Gasteiger partial charge in [-0.3, -0.25) is 4.98 Å². The molecule has 0 aliphatic heterocycles. The second kappa shape index (κ2) is 5.72. The molecule has 0 radical (unpaired) electrons. The lowest BCUT2D eigenvalue weighted by molar-refractivity contribution is 0.183. The fourth-order valence-corrected chi connectivity index (χ4v) is 1.22. The molecule has 1 aliphatic carbocycles. The predicted octanol–water partition coefficient (Wildman–Crippen LogP) is 2.00. The second-order valence-corrected chi connectivity index (χ2v) is 2.96. The molecule has 2 rings (SSSR count). The minimum Gasteiger partial charge on any atom is -0.393 e. The van der Waals surface area contributed by atoms with Gasteiger partial charge in [0.1, 0.15) is 0 Å². The first-order valence-electron chi connectivity index (χ1n) is 4.42. The highest BCUT2D eigenvalue weighted by atomic mass is 16.3. The molecule has 1 aromatic rings. The molecule has 1 fully saturated rings. The molecule has 0 bridgehead atoms. The van der Waals surface area contributed by atoms with Crippen LogP contribution in [0.25, 0.3) is 0 Å². The molecule has 1 N–H and O–H groups in total. The van der Waals surface area contributed by atoms with Crippen LogP contribution >= 0.6 is 0 Å². The van der Waals surface area contributed by atoms with E-state index >= 15 is 0 Å². The van der Waals surface area contributed by atoms with Gasteiger partial charge in [-0.05, 0) is 25.0 Å². The van der Waals surface area contributed by atoms with Crippen molar-refractivity contribution >= 4 is 0 Å². The van der Waals surface area contributed by atoms with Crippen molar-refractivity contribution in [1.29, 1.82) is 0 Å². The Morgan fingerprint density at radius 2 is 1.58 bits per heavy atom. The Kier molecular flexibility index (Phi) is 4.39. The van der Waals surface area contributed by atoms with Crippen LogP contribution in [0.2, 0.25) is 0 Å². The highest BCUT2D eigenvalue weighted by Crippen LogP contribution is 2.16. The van der Waals surface area contributed by atoms with Gasteiger partial charge in [0.15, 0.2) is 0 Å². The van der Waals surface area contributed by atoms with E-state index < -0.39 is 0 Å². The molecule has 0 unspecified atom stereocenters. The Balaban J connectivity index is 0.000000120. The van der Waals surface area contributed by atoms with Gasteiger partial charge in [0.25, 0.3) is 0 Å². The average molecular weight is 165 g/mol. The zero-order valence-electron chi connectivity index (χ0n) is 7.19. The molecule has 0 atom stereocenters. The number of nitrogens with zero attached hydrogens (tertiary/aromatic N) is 1. The number of aromatic nitrogens is 1. The van der Waals surface area contributed by atoms with Crippen LogP contribution in [0.5, 0.6) is 0 Å². The molecule has 2 heteroatoms.